The Kier molecular flexibility index (Phi) is 2.15. The highest BCUT2D eigenvalue weighted by Crippen LogP contribution is 2.29. The average molecular weight is 242 g/mol. The molecule has 0 aliphatic rings. The first kappa shape index (κ1) is 8.20. The Balaban J connectivity index is 2.73. The van der Waals surface area contributed by atoms with Gasteiger partial charge >= 0.3 is 0 Å². The molecule has 0 fully saturated rings. The van der Waals surface area contributed by atoms with E-state index >= 15 is 0 Å². The Morgan fingerprint density at radius 1 is 1.50 bits per heavy atom. The van der Waals surface area contributed by atoms with E-state index < -0.39 is 0 Å². The lowest BCUT2D eigenvalue weighted by molar-refractivity contribution is 1.05. The van der Waals surface area contributed by atoms with E-state index in [9.17, 15) is 0 Å². The van der Waals surface area contributed by atoms with Crippen molar-refractivity contribution in [2.75, 3.05) is 0 Å². The highest BCUT2D eigenvalue weighted by molar-refractivity contribution is 9.09. The van der Waals surface area contributed by atoms with Gasteiger partial charge in [0, 0.05) is 16.3 Å². The summed E-state index contributed by atoms with van der Waals surface area (Å²) in [5, 5.41) is 3.37. The van der Waals surface area contributed by atoms with Crippen molar-refractivity contribution in [3.8, 4) is 0 Å². The SMILES string of the molecule is CC(Br)c1nccc2sccc12. The second-order valence-corrected chi connectivity index (χ2v) is 4.97. The molecule has 0 aliphatic carbocycles. The Labute approximate surface area is 83.6 Å². The highest BCUT2D eigenvalue weighted by atomic mass is 79.9. The largest absolute Gasteiger partial charge is 0.259 e. The van der Waals surface area contributed by atoms with Crippen molar-refractivity contribution in [3.63, 3.8) is 0 Å². The maximum absolute atomic E-state index is 4.34. The molecule has 0 saturated heterocycles. The van der Waals surface area contributed by atoms with Crippen LogP contribution < -0.4 is 0 Å². The van der Waals surface area contributed by atoms with Gasteiger partial charge in [-0.2, -0.15) is 0 Å². The molecule has 12 heavy (non-hydrogen) atoms. The first-order valence-electron chi connectivity index (χ1n) is 3.75. The quantitative estimate of drug-likeness (QED) is 0.694. The van der Waals surface area contributed by atoms with E-state index in [2.05, 4.69) is 45.4 Å². The van der Waals surface area contributed by atoms with Gasteiger partial charge in [-0.3, -0.25) is 4.98 Å². The summed E-state index contributed by atoms with van der Waals surface area (Å²) in [6.07, 6.45) is 1.87. The van der Waals surface area contributed by atoms with Crippen molar-refractivity contribution in [2.24, 2.45) is 0 Å². The predicted octanol–water partition coefficient (Wildman–Crippen LogP) is 3.75. The molecule has 0 aliphatic heterocycles. The monoisotopic (exact) mass is 241 g/mol. The van der Waals surface area contributed by atoms with Crippen LogP contribution in [-0.4, -0.2) is 4.98 Å². The van der Waals surface area contributed by atoms with Crippen molar-refractivity contribution in [3.05, 3.63) is 29.4 Å². The van der Waals surface area contributed by atoms with Gasteiger partial charge in [-0.1, -0.05) is 15.9 Å². The molecular weight excluding hydrogens is 234 g/mol. The van der Waals surface area contributed by atoms with Crippen LogP contribution in [0.5, 0.6) is 0 Å². The molecule has 3 heteroatoms. The second kappa shape index (κ2) is 3.15. The molecule has 62 valence electrons. The number of aromatic nitrogens is 1. The molecule has 1 unspecified atom stereocenters. The Morgan fingerprint density at radius 3 is 3.08 bits per heavy atom. The third kappa shape index (κ3) is 1.27. The lowest BCUT2D eigenvalue weighted by atomic mass is 10.2. The van der Waals surface area contributed by atoms with Gasteiger partial charge in [0.1, 0.15) is 0 Å². The van der Waals surface area contributed by atoms with Crippen molar-refractivity contribution < 1.29 is 0 Å². The first-order valence-corrected chi connectivity index (χ1v) is 5.55. The van der Waals surface area contributed by atoms with Gasteiger partial charge in [0.2, 0.25) is 0 Å². The first-order chi connectivity index (χ1) is 5.79. The molecule has 2 rings (SSSR count). The summed E-state index contributed by atoms with van der Waals surface area (Å²) in [6.45, 7) is 2.10. The standard InChI is InChI=1S/C9H8BrNS/c1-6(10)9-7-3-5-12-8(7)2-4-11-9/h2-6H,1H3. The fraction of sp³-hybridized carbons (Fsp3) is 0.222. The lowest BCUT2D eigenvalue weighted by Crippen LogP contribution is -1.88. The minimum atomic E-state index is 0.329. The van der Waals surface area contributed by atoms with E-state index in [1.165, 1.54) is 10.1 Å². The number of halogens is 1. The van der Waals surface area contributed by atoms with E-state index in [-0.39, 0.29) is 0 Å². The van der Waals surface area contributed by atoms with Gasteiger partial charge < -0.3 is 0 Å². The molecule has 1 atom stereocenters. The summed E-state index contributed by atoms with van der Waals surface area (Å²) in [5.74, 6) is 0. The fourth-order valence-electron chi connectivity index (χ4n) is 1.23. The summed E-state index contributed by atoms with van der Waals surface area (Å²) in [5.41, 5.74) is 1.13. The predicted molar refractivity (Wildman–Crippen MR) is 57.0 cm³/mol. The molecule has 2 aromatic heterocycles. The number of fused-ring (bicyclic) bond motifs is 1. The van der Waals surface area contributed by atoms with Crippen molar-refractivity contribution in [2.45, 2.75) is 11.8 Å². The van der Waals surface area contributed by atoms with E-state index in [0.29, 0.717) is 4.83 Å². The van der Waals surface area contributed by atoms with Crippen LogP contribution >= 0.6 is 27.3 Å². The average Bonchev–Trinajstić information content (AvgIpc) is 2.49. The van der Waals surface area contributed by atoms with Crippen LogP contribution in [0.3, 0.4) is 0 Å². The molecule has 0 amide bonds. The van der Waals surface area contributed by atoms with Gasteiger partial charge in [0.05, 0.1) is 10.5 Å². The molecule has 1 nitrogen and oxygen atoms in total. The normalized spacial score (nSPS) is 13.5. The number of hydrogen-bond donors (Lipinski definition) is 0. The third-order valence-electron chi connectivity index (χ3n) is 1.79. The Bertz CT molecular complexity index is 394. The fourth-order valence-corrected chi connectivity index (χ4v) is 2.39. The lowest BCUT2D eigenvalue weighted by Gasteiger charge is -2.02. The number of rotatable bonds is 1. The highest BCUT2D eigenvalue weighted by Gasteiger charge is 2.07. The zero-order valence-corrected chi connectivity index (χ0v) is 9.02. The zero-order chi connectivity index (χ0) is 8.55. The van der Waals surface area contributed by atoms with Crippen LogP contribution in [0.1, 0.15) is 17.4 Å². The van der Waals surface area contributed by atoms with Gasteiger partial charge in [0.15, 0.2) is 0 Å². The van der Waals surface area contributed by atoms with Crippen molar-refractivity contribution in [1.29, 1.82) is 0 Å². The summed E-state index contributed by atoms with van der Waals surface area (Å²) in [7, 11) is 0. The smallest absolute Gasteiger partial charge is 0.0623 e. The molecule has 2 heterocycles. The minimum Gasteiger partial charge on any atom is -0.259 e. The number of hydrogen-bond acceptors (Lipinski definition) is 2. The minimum absolute atomic E-state index is 0.329. The maximum Gasteiger partial charge on any atom is 0.0623 e. The molecule has 0 spiro atoms. The van der Waals surface area contributed by atoms with Crippen LogP contribution in [-0.2, 0) is 0 Å². The van der Waals surface area contributed by atoms with Gasteiger partial charge in [-0.05, 0) is 24.4 Å². The van der Waals surface area contributed by atoms with Crippen LogP contribution in [0.2, 0.25) is 0 Å². The van der Waals surface area contributed by atoms with Crippen molar-refractivity contribution in [1.82, 2.24) is 4.98 Å². The van der Waals surface area contributed by atoms with E-state index in [1.54, 1.807) is 11.3 Å². The zero-order valence-electron chi connectivity index (χ0n) is 6.62. The Hall–Kier alpha value is -0.410. The topological polar surface area (TPSA) is 12.9 Å². The summed E-state index contributed by atoms with van der Waals surface area (Å²) in [6, 6.07) is 4.18. The van der Waals surface area contributed by atoms with Crippen LogP contribution in [0.4, 0.5) is 0 Å². The maximum atomic E-state index is 4.34. The Morgan fingerprint density at radius 2 is 2.33 bits per heavy atom. The van der Waals surface area contributed by atoms with Crippen molar-refractivity contribution >= 4 is 37.4 Å². The second-order valence-electron chi connectivity index (χ2n) is 2.64. The van der Waals surface area contributed by atoms with Gasteiger partial charge in [-0.15, -0.1) is 11.3 Å². The summed E-state index contributed by atoms with van der Waals surface area (Å²) in [4.78, 5) is 4.67. The molecule has 0 N–H and O–H groups in total. The number of nitrogens with zero attached hydrogens (tertiary/aromatic N) is 1. The molecular formula is C9H8BrNS. The summed E-state index contributed by atoms with van der Waals surface area (Å²) >= 11 is 5.29. The summed E-state index contributed by atoms with van der Waals surface area (Å²) < 4.78 is 1.31. The van der Waals surface area contributed by atoms with E-state index in [1.807, 2.05) is 6.20 Å². The third-order valence-corrected chi connectivity index (χ3v) is 3.10. The van der Waals surface area contributed by atoms with E-state index in [4.69, 9.17) is 0 Å². The number of pyridine rings is 1. The number of thiophene rings is 1. The van der Waals surface area contributed by atoms with Crippen LogP contribution in [0, 0.1) is 0 Å². The molecule has 0 radical (unpaired) electrons. The molecule has 0 bridgehead atoms. The molecule has 0 saturated carbocycles. The van der Waals surface area contributed by atoms with Crippen LogP contribution in [0.25, 0.3) is 10.1 Å². The molecule has 0 aromatic carbocycles. The van der Waals surface area contributed by atoms with Gasteiger partial charge in [-0.25, -0.2) is 0 Å². The van der Waals surface area contributed by atoms with Gasteiger partial charge in [0.25, 0.3) is 0 Å². The number of alkyl halides is 1. The van der Waals surface area contributed by atoms with Crippen LogP contribution in [0.15, 0.2) is 23.7 Å². The molecule has 2 aromatic rings. The van der Waals surface area contributed by atoms with E-state index in [0.717, 1.165) is 5.69 Å².